The second kappa shape index (κ2) is 33.1. The average molecular weight is 923 g/mol. The summed E-state index contributed by atoms with van der Waals surface area (Å²) in [4.78, 5) is 44.6. The topological polar surface area (TPSA) is 157 Å². The number of aryl methyl sites for hydroxylation is 1. The number of nitrogens with one attached hydrogen (secondary N) is 4. The zero-order chi connectivity index (χ0) is 47.7. The normalized spacial score (nSPS) is 9.69. The van der Waals surface area contributed by atoms with Crippen LogP contribution >= 0.6 is 24.4 Å². The zero-order valence-corrected chi connectivity index (χ0v) is 38.4. The van der Waals surface area contributed by atoms with Crippen LogP contribution in [0.3, 0.4) is 0 Å². The molecule has 6 N–H and O–H groups in total. The standard InChI is InChI=1S/C22H20FN3OS.C11H11FN2O.C9H7N3S.C6H15N.2CH4/c23-18-4-1-3-16(15-18)6-9-21(27)24-12-2-5-19(28)8-7-17-10-13-25-22-20(17)11-14-26-22;12-10-3-1-2-9(8-10)4-5-11(15)14-7-6-13;13-6-10-5-7-1-3-11-9-8(7)2-4-12-9;1-4-7(5-2)6-3;;/h1,3-4,10-11,13-15H,2,5,7-8,12H2,(H,24,27)(H,25,26);1-3,8H,6-7,13H2,(H,14,15);1-4H,5H2,(H,11,12);4-6H2,1-3H3;2*1H4/i;;;;1D;. The van der Waals surface area contributed by atoms with Gasteiger partial charge in [0.05, 0.1) is 11.7 Å². The fraction of sp³-hybridized carbons (Fsp3) is 0.320. The third kappa shape index (κ3) is 22.1. The molecule has 0 saturated carbocycles. The Bertz CT molecular complexity index is 2550. The number of carbonyl (C=O) groups is 2. The molecule has 344 valence electrons. The molecule has 0 aliphatic rings. The highest BCUT2D eigenvalue weighted by Gasteiger charge is 2.06. The van der Waals surface area contributed by atoms with Crippen molar-refractivity contribution >= 4 is 68.3 Å². The first-order chi connectivity index (χ1) is 31.6. The minimum atomic E-state index is -0.412. The van der Waals surface area contributed by atoms with Crippen molar-refractivity contribution in [1.82, 2.24) is 35.5 Å². The molecule has 6 aromatic rings. The van der Waals surface area contributed by atoms with Gasteiger partial charge < -0.3 is 31.2 Å². The number of H-pyrrole nitrogens is 2. The quantitative estimate of drug-likeness (QED) is 0.0314. The number of isothiocyanates is 1. The van der Waals surface area contributed by atoms with Crippen LogP contribution in [0.4, 0.5) is 8.78 Å². The Morgan fingerprint density at radius 2 is 1.29 bits per heavy atom. The van der Waals surface area contributed by atoms with E-state index in [-0.39, 0.29) is 25.0 Å². The van der Waals surface area contributed by atoms with E-state index in [1.54, 1.807) is 30.6 Å². The second-order valence-electron chi connectivity index (χ2n) is 13.4. The third-order valence-corrected chi connectivity index (χ3v) is 9.60. The number of aliphatic imine (C=N–C) groups is 1. The van der Waals surface area contributed by atoms with Gasteiger partial charge >= 0.3 is 0 Å². The summed E-state index contributed by atoms with van der Waals surface area (Å²) in [6.07, 6.45) is 10.6. The lowest BCUT2D eigenvalue weighted by molar-refractivity contribution is -0.116. The van der Waals surface area contributed by atoms with E-state index in [0.29, 0.717) is 37.3 Å². The van der Waals surface area contributed by atoms with Gasteiger partial charge in [0.2, 0.25) is 0 Å². The zero-order valence-electron chi connectivity index (χ0n) is 37.8. The van der Waals surface area contributed by atoms with Gasteiger partial charge in [-0.2, -0.15) is 0 Å². The number of amides is 2. The number of carbonyl (C=O) groups excluding carboxylic acids is 2. The minimum absolute atomic E-state index is 0. The maximum absolute atomic E-state index is 13.1. The summed E-state index contributed by atoms with van der Waals surface area (Å²) < 4.78 is 31.5. The molecular weight excluding hydrogens is 861 g/mol. The molecule has 0 aliphatic heterocycles. The predicted molar refractivity (Wildman–Crippen MR) is 270 cm³/mol. The molecule has 2 aromatic carbocycles. The summed E-state index contributed by atoms with van der Waals surface area (Å²) in [5.74, 6) is 8.48. The first kappa shape index (κ1) is 54.7. The number of hydrogen-bond acceptors (Lipinski definition) is 9. The summed E-state index contributed by atoms with van der Waals surface area (Å²) >= 11 is 9.98. The molecular formula is C50H61F2N9O2S2. The van der Waals surface area contributed by atoms with Crippen LogP contribution in [-0.2, 0) is 22.6 Å². The van der Waals surface area contributed by atoms with E-state index in [0.717, 1.165) is 58.2 Å². The van der Waals surface area contributed by atoms with Gasteiger partial charge in [0.25, 0.3) is 11.8 Å². The SMILES string of the molecule is C.CCN(CC)CC.NCCNC(=O)C#Cc1cccc(F)c1.O=C(C#Cc1cccc(F)c1)NCCCC(=S)CCc1ccnc2[nH]ccc12.S=C=NCc1ccnc2[nH]ccc12.[2H]C. The number of pyridine rings is 2. The molecule has 0 radical (unpaired) electrons. The Morgan fingerprint density at radius 3 is 1.77 bits per heavy atom. The highest BCUT2D eigenvalue weighted by molar-refractivity contribution is 7.80. The Labute approximate surface area is 394 Å². The summed E-state index contributed by atoms with van der Waals surface area (Å²) in [5.41, 5.74) is 10.3. The van der Waals surface area contributed by atoms with E-state index in [2.05, 4.69) is 102 Å². The van der Waals surface area contributed by atoms with Gasteiger partial charge in [-0.1, -0.05) is 71.8 Å². The van der Waals surface area contributed by atoms with Crippen LogP contribution < -0.4 is 16.4 Å². The van der Waals surface area contributed by atoms with Crippen molar-refractivity contribution in [3.8, 4) is 23.7 Å². The van der Waals surface area contributed by atoms with E-state index in [9.17, 15) is 18.4 Å². The third-order valence-electron chi connectivity index (χ3n) is 9.07. The molecule has 0 fully saturated rings. The van der Waals surface area contributed by atoms with E-state index >= 15 is 0 Å². The lowest BCUT2D eigenvalue weighted by Gasteiger charge is -2.13. The summed E-state index contributed by atoms with van der Waals surface area (Å²) in [7, 11) is 1.25. The number of aromatic amines is 2. The van der Waals surface area contributed by atoms with Crippen LogP contribution in [-0.4, -0.2) is 85.9 Å². The van der Waals surface area contributed by atoms with Crippen molar-refractivity contribution in [3.05, 3.63) is 131 Å². The number of nitrogens with zero attached hydrogens (tertiary/aromatic N) is 4. The number of rotatable bonds is 14. The predicted octanol–water partition coefficient (Wildman–Crippen LogP) is 8.99. The molecule has 0 atom stereocenters. The number of fused-ring (bicyclic) bond motifs is 2. The van der Waals surface area contributed by atoms with E-state index in [1.807, 2.05) is 36.7 Å². The van der Waals surface area contributed by atoms with Crippen LogP contribution in [0.5, 0.6) is 0 Å². The van der Waals surface area contributed by atoms with E-state index in [4.69, 9.17) is 19.3 Å². The van der Waals surface area contributed by atoms with Gasteiger partial charge in [0.1, 0.15) is 22.9 Å². The summed E-state index contributed by atoms with van der Waals surface area (Å²) in [5, 5.41) is 9.80. The molecule has 0 unspecified atom stereocenters. The smallest absolute Gasteiger partial charge is 0.296 e. The van der Waals surface area contributed by atoms with Crippen molar-refractivity contribution in [3.63, 3.8) is 0 Å². The first-order valence-corrected chi connectivity index (χ1v) is 21.3. The molecule has 65 heavy (non-hydrogen) atoms. The van der Waals surface area contributed by atoms with Crippen molar-refractivity contribution < 1.29 is 19.7 Å². The monoisotopic (exact) mass is 922 g/mol. The van der Waals surface area contributed by atoms with Crippen LogP contribution in [0.1, 0.15) is 78.5 Å². The minimum Gasteiger partial charge on any atom is -0.346 e. The lowest BCUT2D eigenvalue weighted by Crippen LogP contribution is -2.27. The number of thiocarbonyl (C=S) groups is 2. The molecule has 0 aliphatic carbocycles. The highest BCUT2D eigenvalue weighted by atomic mass is 32.1. The van der Waals surface area contributed by atoms with Crippen LogP contribution in [0, 0.1) is 35.3 Å². The van der Waals surface area contributed by atoms with E-state index < -0.39 is 5.91 Å². The number of aromatic nitrogens is 4. The molecule has 0 bridgehead atoms. The molecule has 0 saturated heterocycles. The van der Waals surface area contributed by atoms with Crippen molar-refractivity contribution in [2.75, 3.05) is 39.3 Å². The largest absolute Gasteiger partial charge is 0.346 e. The van der Waals surface area contributed by atoms with Crippen molar-refractivity contribution in [2.24, 2.45) is 10.7 Å². The number of benzene rings is 2. The molecule has 2 amide bonds. The van der Waals surface area contributed by atoms with Gasteiger partial charge in [0, 0.05) is 79.5 Å². The molecule has 4 aromatic heterocycles. The average Bonchev–Trinajstić information content (AvgIpc) is 4.03. The molecule has 15 heteroatoms. The second-order valence-corrected chi connectivity index (χ2v) is 14.2. The Kier molecular flexibility index (Phi) is 27.9. The van der Waals surface area contributed by atoms with Crippen LogP contribution in [0.25, 0.3) is 22.1 Å². The molecule has 6 rings (SSSR count). The number of nitrogens with two attached hydrogens (primary N) is 1. The summed E-state index contributed by atoms with van der Waals surface area (Å²) in [6.45, 7) is 12.0. The van der Waals surface area contributed by atoms with Gasteiger partial charge in [0.15, 0.2) is 0 Å². The first-order valence-electron chi connectivity index (χ1n) is 21.5. The maximum atomic E-state index is 13.1. The fourth-order valence-electron chi connectivity index (χ4n) is 5.73. The number of hydrogen-bond donors (Lipinski definition) is 5. The molecule has 0 spiro atoms. The summed E-state index contributed by atoms with van der Waals surface area (Å²) in [6, 6.07) is 19.6. The van der Waals surface area contributed by atoms with Gasteiger partial charge in [-0.05, 0) is 134 Å². The van der Waals surface area contributed by atoms with Gasteiger partial charge in [-0.3, -0.25) is 9.59 Å². The fourth-order valence-corrected chi connectivity index (χ4v) is 6.04. The Hall–Kier alpha value is -6.45. The Balaban J connectivity index is 0.000000483. The van der Waals surface area contributed by atoms with Crippen molar-refractivity contribution in [1.29, 1.82) is 0 Å². The Morgan fingerprint density at radius 1 is 0.785 bits per heavy atom. The van der Waals surface area contributed by atoms with Crippen LogP contribution in [0.2, 0.25) is 0 Å². The van der Waals surface area contributed by atoms with Gasteiger partial charge in [-0.25, -0.2) is 23.7 Å². The number of halogens is 2. The molecule has 4 heterocycles. The van der Waals surface area contributed by atoms with Crippen LogP contribution in [0.15, 0.2) is 103 Å². The maximum Gasteiger partial charge on any atom is 0.296 e. The van der Waals surface area contributed by atoms with Crippen molar-refractivity contribution in [2.45, 2.75) is 67.8 Å². The van der Waals surface area contributed by atoms with E-state index in [1.165, 1.54) is 62.9 Å². The molecule has 11 nitrogen and oxygen atoms in total. The van der Waals surface area contributed by atoms with Gasteiger partial charge in [-0.15, -0.1) is 0 Å². The lowest BCUT2D eigenvalue weighted by atomic mass is 10.0. The highest BCUT2D eigenvalue weighted by Crippen LogP contribution is 2.18.